The minimum atomic E-state index is -0.578. The van der Waals surface area contributed by atoms with E-state index in [2.05, 4.69) is 31.9 Å². The van der Waals surface area contributed by atoms with Gasteiger partial charge in [0.1, 0.15) is 0 Å². The molecule has 0 aliphatic rings. The van der Waals surface area contributed by atoms with E-state index < -0.39 is 11.2 Å². The maximum Gasteiger partial charge on any atom is 0.222 e. The van der Waals surface area contributed by atoms with Gasteiger partial charge in [-0.25, -0.2) is 0 Å². The number of hydrogen-bond donors (Lipinski definition) is 1. The largest absolute Gasteiger partial charge is 0.503 e. The number of hydrogen-bond acceptors (Lipinski definition) is 3. The fraction of sp³-hybridized carbons (Fsp3) is 0.111. The van der Waals surface area contributed by atoms with Crippen LogP contribution in [-0.2, 0) is 0 Å². The Morgan fingerprint density at radius 3 is 2.64 bits per heavy atom. The highest BCUT2D eigenvalue weighted by Crippen LogP contribution is 2.18. The average molecular weight is 322 g/mol. The molecule has 0 heterocycles. The third-order valence-corrected chi connectivity index (χ3v) is 2.75. The Morgan fingerprint density at radius 1 is 1.43 bits per heavy atom. The second-order valence-electron chi connectivity index (χ2n) is 2.55. The zero-order chi connectivity index (χ0) is 10.7. The molecule has 1 N–H and O–H groups in total. The lowest BCUT2D eigenvalue weighted by Gasteiger charge is -1.89. The first-order valence-electron chi connectivity index (χ1n) is 3.68. The van der Waals surface area contributed by atoms with Crippen molar-refractivity contribution in [3.63, 3.8) is 0 Å². The number of halogens is 2. The molecule has 74 valence electrons. The summed E-state index contributed by atoms with van der Waals surface area (Å²) >= 11 is 6.01. The van der Waals surface area contributed by atoms with Crippen molar-refractivity contribution in [3.8, 4) is 5.75 Å². The van der Waals surface area contributed by atoms with E-state index in [1.165, 1.54) is 12.1 Å². The molecule has 1 rings (SSSR count). The molecule has 0 aliphatic carbocycles. The molecule has 0 aliphatic heterocycles. The Hall–Kier alpha value is -0.680. The van der Waals surface area contributed by atoms with Gasteiger partial charge < -0.3 is 5.11 Å². The highest BCUT2D eigenvalue weighted by atomic mass is 79.9. The Labute approximate surface area is 97.0 Å². The van der Waals surface area contributed by atoms with Crippen LogP contribution in [0.25, 0.3) is 0 Å². The van der Waals surface area contributed by atoms with E-state index in [9.17, 15) is 14.7 Å². The molecule has 14 heavy (non-hydrogen) atoms. The fourth-order valence-electron chi connectivity index (χ4n) is 0.868. The first-order valence-corrected chi connectivity index (χ1v) is 5.59. The van der Waals surface area contributed by atoms with Crippen LogP contribution in [0.2, 0.25) is 0 Å². The minimum absolute atomic E-state index is 0.148. The van der Waals surface area contributed by atoms with Crippen molar-refractivity contribution < 1.29 is 9.90 Å². The zero-order valence-electron chi connectivity index (χ0n) is 6.96. The van der Waals surface area contributed by atoms with Crippen LogP contribution in [-0.4, -0.2) is 16.2 Å². The topological polar surface area (TPSA) is 54.4 Å². The molecule has 1 aromatic carbocycles. The Bertz CT molecular complexity index is 429. The van der Waals surface area contributed by atoms with Crippen molar-refractivity contribution in [2.75, 3.05) is 5.33 Å². The van der Waals surface area contributed by atoms with E-state index in [0.717, 1.165) is 6.07 Å². The summed E-state index contributed by atoms with van der Waals surface area (Å²) < 4.78 is 0.274. The summed E-state index contributed by atoms with van der Waals surface area (Å²) in [7, 11) is 0. The number of aromatic hydroxyl groups is 1. The van der Waals surface area contributed by atoms with Gasteiger partial charge in [0.25, 0.3) is 0 Å². The molecule has 0 spiro atoms. The Kier molecular flexibility index (Phi) is 3.83. The number of carbonyl (C=O) groups is 1. The van der Waals surface area contributed by atoms with E-state index >= 15 is 0 Å². The second-order valence-corrected chi connectivity index (χ2v) is 3.97. The lowest BCUT2D eigenvalue weighted by molar-refractivity contribution is 0.102. The van der Waals surface area contributed by atoms with Crippen molar-refractivity contribution in [1.29, 1.82) is 0 Å². The van der Waals surface area contributed by atoms with E-state index in [4.69, 9.17) is 0 Å². The first kappa shape index (κ1) is 11.4. The van der Waals surface area contributed by atoms with Crippen molar-refractivity contribution in [2.24, 2.45) is 0 Å². The molecule has 0 fully saturated rings. The molecule has 0 radical (unpaired) electrons. The van der Waals surface area contributed by atoms with Crippen LogP contribution in [0.1, 0.15) is 10.4 Å². The maximum absolute atomic E-state index is 11.2. The summed E-state index contributed by atoms with van der Waals surface area (Å²) in [4.78, 5) is 22.5. The predicted octanol–water partition coefficient (Wildman–Crippen LogP) is 2.09. The van der Waals surface area contributed by atoms with Gasteiger partial charge in [0.2, 0.25) is 5.43 Å². The van der Waals surface area contributed by atoms with Crippen LogP contribution in [0.4, 0.5) is 0 Å². The summed E-state index contributed by atoms with van der Waals surface area (Å²) in [5.74, 6) is -0.594. The number of ketones is 1. The molecule has 0 amide bonds. The second kappa shape index (κ2) is 4.70. The number of Topliss-reactive ketones (excluding diaryl/α,β-unsaturated/α-hetero) is 1. The van der Waals surface area contributed by atoms with Gasteiger partial charge in [0, 0.05) is 11.6 Å². The lowest BCUT2D eigenvalue weighted by Crippen LogP contribution is -2.02. The summed E-state index contributed by atoms with van der Waals surface area (Å²) in [6.45, 7) is 0. The molecule has 0 aromatic heterocycles. The Balaban J connectivity index is 3.41. The third-order valence-electron chi connectivity index (χ3n) is 1.60. The van der Waals surface area contributed by atoms with Crippen LogP contribution in [0.5, 0.6) is 5.75 Å². The van der Waals surface area contributed by atoms with Gasteiger partial charge in [-0.05, 0) is 28.1 Å². The number of alkyl halides is 1. The molecular weight excluding hydrogens is 316 g/mol. The van der Waals surface area contributed by atoms with E-state index in [1.54, 1.807) is 0 Å². The van der Waals surface area contributed by atoms with Crippen LogP contribution in [0.3, 0.4) is 0 Å². The molecule has 0 saturated carbocycles. The third kappa shape index (κ3) is 2.42. The van der Waals surface area contributed by atoms with Crippen LogP contribution < -0.4 is 5.43 Å². The smallest absolute Gasteiger partial charge is 0.222 e. The maximum atomic E-state index is 11.2. The minimum Gasteiger partial charge on any atom is -0.503 e. The van der Waals surface area contributed by atoms with Gasteiger partial charge in [-0.3, -0.25) is 9.59 Å². The van der Waals surface area contributed by atoms with Crippen LogP contribution in [0.15, 0.2) is 27.5 Å². The SMILES string of the molecule is O=C(CBr)c1ccc(Br)c(O)c(=O)c1. The molecule has 1 aromatic rings. The Morgan fingerprint density at radius 2 is 2.07 bits per heavy atom. The van der Waals surface area contributed by atoms with Gasteiger partial charge in [0.05, 0.1) is 9.80 Å². The highest BCUT2D eigenvalue weighted by molar-refractivity contribution is 9.10. The zero-order valence-corrected chi connectivity index (χ0v) is 10.1. The normalized spacial score (nSPS) is 9.86. The molecular formula is C9H6Br2O3. The molecule has 0 atom stereocenters. The van der Waals surface area contributed by atoms with Crippen LogP contribution >= 0.6 is 31.9 Å². The average Bonchev–Trinajstić information content (AvgIpc) is 2.31. The van der Waals surface area contributed by atoms with Crippen molar-refractivity contribution in [2.45, 2.75) is 0 Å². The summed E-state index contributed by atoms with van der Waals surface area (Å²) in [5, 5.41) is 9.41. The van der Waals surface area contributed by atoms with E-state index in [1.807, 2.05) is 0 Å². The van der Waals surface area contributed by atoms with Gasteiger partial charge in [-0.2, -0.15) is 0 Å². The molecule has 0 unspecified atom stereocenters. The van der Waals surface area contributed by atoms with Crippen molar-refractivity contribution in [1.82, 2.24) is 0 Å². The first-order chi connectivity index (χ1) is 6.56. The van der Waals surface area contributed by atoms with Gasteiger partial charge >= 0.3 is 0 Å². The quantitative estimate of drug-likeness (QED) is 0.670. The van der Waals surface area contributed by atoms with Crippen molar-refractivity contribution >= 4 is 37.6 Å². The fourth-order valence-corrected chi connectivity index (χ4v) is 1.52. The van der Waals surface area contributed by atoms with Gasteiger partial charge in [-0.15, -0.1) is 0 Å². The lowest BCUT2D eigenvalue weighted by atomic mass is 10.2. The van der Waals surface area contributed by atoms with Crippen LogP contribution in [0, 0.1) is 0 Å². The standard InChI is InChI=1S/C9H6Br2O3/c10-4-8(13)5-1-2-6(11)9(14)7(12)3-5/h1-3H,4H2,(H,12,14). The number of rotatable bonds is 2. The van der Waals surface area contributed by atoms with Crippen molar-refractivity contribution in [3.05, 3.63) is 38.5 Å². The molecule has 3 nitrogen and oxygen atoms in total. The number of carbonyl (C=O) groups excluding carboxylic acids is 1. The van der Waals surface area contributed by atoms with E-state index in [0.29, 0.717) is 0 Å². The highest BCUT2D eigenvalue weighted by Gasteiger charge is 2.06. The summed E-state index contributed by atoms with van der Waals surface area (Å²) in [5.41, 5.74) is -0.306. The summed E-state index contributed by atoms with van der Waals surface area (Å²) in [6, 6.07) is 4.06. The molecule has 5 heteroatoms. The molecule has 0 bridgehead atoms. The van der Waals surface area contributed by atoms with Gasteiger partial charge in [-0.1, -0.05) is 15.9 Å². The molecule has 0 saturated heterocycles. The predicted molar refractivity (Wildman–Crippen MR) is 60.2 cm³/mol. The van der Waals surface area contributed by atoms with Gasteiger partial charge in [0.15, 0.2) is 11.5 Å². The summed E-state index contributed by atoms with van der Waals surface area (Å²) in [6.07, 6.45) is 0. The van der Waals surface area contributed by atoms with E-state index in [-0.39, 0.29) is 21.1 Å². The monoisotopic (exact) mass is 320 g/mol.